The van der Waals surface area contributed by atoms with Crippen LogP contribution in [0.3, 0.4) is 0 Å². The Kier molecular flexibility index (Phi) is 3.68. The number of amides is 1. The summed E-state index contributed by atoms with van der Waals surface area (Å²) in [5.41, 5.74) is 5.37. The second-order valence-corrected chi connectivity index (χ2v) is 6.53. The van der Waals surface area contributed by atoms with Gasteiger partial charge in [-0.05, 0) is 13.3 Å². The van der Waals surface area contributed by atoms with Crippen LogP contribution in [0, 0.1) is 0 Å². The van der Waals surface area contributed by atoms with Crippen molar-refractivity contribution < 1.29 is 18.3 Å². The minimum atomic E-state index is -2.71. The molecule has 1 aromatic rings. The summed E-state index contributed by atoms with van der Waals surface area (Å²) in [5.74, 6) is -3.10. The van der Waals surface area contributed by atoms with Gasteiger partial charge in [-0.2, -0.15) is 5.10 Å². The molecular weight excluding hydrogens is 294 g/mol. The van der Waals surface area contributed by atoms with Crippen LogP contribution in [0.1, 0.15) is 42.6 Å². The van der Waals surface area contributed by atoms with Crippen LogP contribution in [0.5, 0.6) is 0 Å². The maximum absolute atomic E-state index is 13.3. The number of hydrogen-bond donors (Lipinski definition) is 2. The number of ether oxygens (including phenoxy) is 1. The van der Waals surface area contributed by atoms with Crippen LogP contribution in [-0.2, 0) is 4.74 Å². The first kappa shape index (κ1) is 15.4. The highest BCUT2D eigenvalue weighted by Gasteiger charge is 2.47. The minimum absolute atomic E-state index is 0.104. The highest BCUT2D eigenvalue weighted by atomic mass is 19.3. The molecule has 2 aliphatic rings. The van der Waals surface area contributed by atoms with E-state index in [0.29, 0.717) is 18.8 Å². The van der Waals surface area contributed by atoms with E-state index in [0.717, 1.165) is 0 Å². The van der Waals surface area contributed by atoms with Crippen molar-refractivity contribution in [1.29, 1.82) is 0 Å². The summed E-state index contributed by atoms with van der Waals surface area (Å²) in [7, 11) is 0. The first-order chi connectivity index (χ1) is 10.3. The van der Waals surface area contributed by atoms with Crippen molar-refractivity contribution in [2.75, 3.05) is 13.2 Å². The van der Waals surface area contributed by atoms with Crippen molar-refractivity contribution >= 4 is 5.91 Å². The molecule has 2 fully saturated rings. The maximum Gasteiger partial charge on any atom is 0.254 e. The van der Waals surface area contributed by atoms with E-state index >= 15 is 0 Å². The molecule has 22 heavy (non-hydrogen) atoms. The summed E-state index contributed by atoms with van der Waals surface area (Å²) < 4.78 is 33.6. The lowest BCUT2D eigenvalue weighted by Crippen LogP contribution is -2.44. The van der Waals surface area contributed by atoms with Crippen LogP contribution in [0.15, 0.2) is 12.4 Å². The minimum Gasteiger partial charge on any atom is -0.377 e. The fraction of sp³-hybridized carbons (Fsp3) is 0.714. The number of carbonyl (C=O) groups excluding carboxylic acids is 1. The first-order valence-electron chi connectivity index (χ1n) is 7.36. The molecule has 3 rings (SSSR count). The van der Waals surface area contributed by atoms with Crippen molar-refractivity contribution in [3.8, 4) is 0 Å². The monoisotopic (exact) mass is 314 g/mol. The number of nitrogens with zero attached hydrogens (tertiary/aromatic N) is 2. The zero-order chi connectivity index (χ0) is 16.0. The molecule has 1 amide bonds. The number of alkyl halides is 2. The fourth-order valence-electron chi connectivity index (χ4n) is 3.13. The Morgan fingerprint density at radius 2 is 2.27 bits per heavy atom. The van der Waals surface area contributed by atoms with Crippen LogP contribution >= 0.6 is 0 Å². The summed E-state index contributed by atoms with van der Waals surface area (Å²) >= 11 is 0. The molecule has 1 unspecified atom stereocenters. The van der Waals surface area contributed by atoms with Gasteiger partial charge in [0.2, 0.25) is 0 Å². The summed E-state index contributed by atoms with van der Waals surface area (Å²) in [4.78, 5) is 12.3. The lowest BCUT2D eigenvalue weighted by atomic mass is 10.00. The summed E-state index contributed by atoms with van der Waals surface area (Å²) in [6, 6.07) is -0.269. The Morgan fingerprint density at radius 3 is 2.86 bits per heavy atom. The van der Waals surface area contributed by atoms with E-state index in [-0.39, 0.29) is 37.3 Å². The third kappa shape index (κ3) is 2.98. The number of rotatable bonds is 3. The molecular formula is C14H20F2N4O2. The fourth-order valence-corrected chi connectivity index (χ4v) is 3.13. The van der Waals surface area contributed by atoms with Gasteiger partial charge in [-0.25, -0.2) is 8.78 Å². The quantitative estimate of drug-likeness (QED) is 0.875. The molecule has 1 aliphatic carbocycles. The zero-order valence-corrected chi connectivity index (χ0v) is 12.4. The highest BCUT2D eigenvalue weighted by molar-refractivity contribution is 5.94. The van der Waals surface area contributed by atoms with E-state index in [9.17, 15) is 13.6 Å². The van der Waals surface area contributed by atoms with Gasteiger partial charge in [0.15, 0.2) is 0 Å². The third-order valence-corrected chi connectivity index (χ3v) is 4.40. The van der Waals surface area contributed by atoms with Crippen LogP contribution in [-0.4, -0.2) is 46.4 Å². The lowest BCUT2D eigenvalue weighted by molar-refractivity contribution is 0.00232. The molecule has 122 valence electrons. The van der Waals surface area contributed by atoms with Crippen molar-refractivity contribution in [2.24, 2.45) is 5.73 Å². The van der Waals surface area contributed by atoms with Gasteiger partial charge in [-0.3, -0.25) is 9.48 Å². The zero-order valence-electron chi connectivity index (χ0n) is 12.4. The van der Waals surface area contributed by atoms with E-state index in [1.807, 2.05) is 0 Å². The van der Waals surface area contributed by atoms with E-state index in [2.05, 4.69) is 10.4 Å². The van der Waals surface area contributed by atoms with Crippen LogP contribution in [0.25, 0.3) is 0 Å². The Morgan fingerprint density at radius 1 is 1.50 bits per heavy atom. The number of nitrogens with one attached hydrogen (secondary N) is 1. The van der Waals surface area contributed by atoms with Gasteiger partial charge >= 0.3 is 0 Å². The van der Waals surface area contributed by atoms with Crippen molar-refractivity contribution in [3.05, 3.63) is 18.0 Å². The normalized spacial score (nSPS) is 34.0. The predicted octanol–water partition coefficient (Wildman–Crippen LogP) is 1.09. The second kappa shape index (κ2) is 5.27. The molecule has 3 atom stereocenters. The van der Waals surface area contributed by atoms with E-state index in [1.54, 1.807) is 17.8 Å². The van der Waals surface area contributed by atoms with Gasteiger partial charge in [0, 0.05) is 24.6 Å². The van der Waals surface area contributed by atoms with Gasteiger partial charge in [0.1, 0.15) is 0 Å². The van der Waals surface area contributed by atoms with Crippen LogP contribution in [0.4, 0.5) is 8.78 Å². The third-order valence-electron chi connectivity index (χ3n) is 4.40. The molecule has 0 radical (unpaired) electrons. The Bertz CT molecular complexity index is 577. The Balaban J connectivity index is 1.67. The predicted molar refractivity (Wildman–Crippen MR) is 74.7 cm³/mol. The van der Waals surface area contributed by atoms with Crippen molar-refractivity contribution in [1.82, 2.24) is 15.1 Å². The van der Waals surface area contributed by atoms with Crippen molar-refractivity contribution in [2.45, 2.75) is 49.7 Å². The van der Waals surface area contributed by atoms with Gasteiger partial charge in [0.05, 0.1) is 37.1 Å². The largest absolute Gasteiger partial charge is 0.377 e. The molecule has 0 bridgehead atoms. The Labute approximate surface area is 127 Å². The molecule has 8 heteroatoms. The molecule has 3 N–H and O–H groups in total. The number of hydrogen-bond acceptors (Lipinski definition) is 4. The van der Waals surface area contributed by atoms with E-state index in [4.69, 9.17) is 10.5 Å². The van der Waals surface area contributed by atoms with Gasteiger partial charge in [-0.15, -0.1) is 0 Å². The molecule has 0 spiro atoms. The summed E-state index contributed by atoms with van der Waals surface area (Å²) in [6.07, 6.45) is 2.75. The van der Waals surface area contributed by atoms with Gasteiger partial charge < -0.3 is 15.8 Å². The van der Waals surface area contributed by atoms with Crippen LogP contribution < -0.4 is 11.1 Å². The number of carbonyl (C=O) groups is 1. The number of halogens is 2. The topological polar surface area (TPSA) is 82.2 Å². The first-order valence-corrected chi connectivity index (χ1v) is 7.36. The Hall–Kier alpha value is -1.54. The number of nitrogens with two attached hydrogens (primary N) is 1. The average molecular weight is 314 g/mol. The number of aromatic nitrogens is 2. The standard InChI is InChI=1S/C14H20F2N4O2/c1-13(2-3-14(15,16)8-13)19-12(21)9-4-18-20(5-9)11-7-22-6-10(11)17/h4-5,10-11H,2-3,6-8,17H2,1H3,(H,19,21)/t10-,11+,13?/m0/s1. The molecule has 6 nitrogen and oxygen atoms in total. The molecule has 1 saturated carbocycles. The van der Waals surface area contributed by atoms with Gasteiger partial charge in [0.25, 0.3) is 11.8 Å². The van der Waals surface area contributed by atoms with E-state index < -0.39 is 11.5 Å². The molecule has 0 aromatic carbocycles. The molecule has 1 saturated heterocycles. The molecule has 1 aromatic heterocycles. The molecule has 2 heterocycles. The SMILES string of the molecule is CC1(NC(=O)c2cnn([C@@H]3COC[C@@H]3N)c2)CCC(F)(F)C1. The average Bonchev–Trinajstić information content (AvgIpc) is 3.09. The molecule has 1 aliphatic heterocycles. The van der Waals surface area contributed by atoms with Crippen molar-refractivity contribution in [3.63, 3.8) is 0 Å². The van der Waals surface area contributed by atoms with E-state index in [1.165, 1.54) is 6.20 Å². The van der Waals surface area contributed by atoms with Crippen LogP contribution in [0.2, 0.25) is 0 Å². The highest BCUT2D eigenvalue weighted by Crippen LogP contribution is 2.41. The lowest BCUT2D eigenvalue weighted by Gasteiger charge is -2.25. The van der Waals surface area contributed by atoms with Gasteiger partial charge in [-0.1, -0.05) is 0 Å². The maximum atomic E-state index is 13.3. The summed E-state index contributed by atoms with van der Waals surface area (Å²) in [5, 5.41) is 6.85. The smallest absolute Gasteiger partial charge is 0.254 e. The second-order valence-electron chi connectivity index (χ2n) is 6.53. The summed E-state index contributed by atoms with van der Waals surface area (Å²) in [6.45, 7) is 2.56.